The van der Waals surface area contributed by atoms with Crippen LogP contribution in [0.25, 0.3) is 10.6 Å². The van der Waals surface area contributed by atoms with Gasteiger partial charge in [0.05, 0.1) is 41.5 Å². The number of carbonyl (C=O) groups excluding carboxylic acids is 1. The number of nitrogens with one attached hydrogen (secondary N) is 2. The Labute approximate surface area is 230 Å². The van der Waals surface area contributed by atoms with Gasteiger partial charge in [0.25, 0.3) is 0 Å². The molecule has 3 heterocycles. The molecule has 0 aliphatic carbocycles. The fraction of sp³-hybridized carbons (Fsp3) is 0.308. The van der Waals surface area contributed by atoms with Crippen molar-refractivity contribution in [2.24, 2.45) is 0 Å². The number of amides is 1. The summed E-state index contributed by atoms with van der Waals surface area (Å²) in [6.07, 6.45) is 3.60. The quantitative estimate of drug-likeness (QED) is 0.182. The number of hydrogen-bond donors (Lipinski definition) is 3. The molecule has 1 atom stereocenters. The lowest BCUT2D eigenvalue weighted by Crippen LogP contribution is -2.25. The Hall–Kier alpha value is -3.65. The second kappa shape index (κ2) is 12.0. The van der Waals surface area contributed by atoms with Gasteiger partial charge in [-0.15, -0.1) is 16.4 Å². The van der Waals surface area contributed by atoms with Crippen molar-refractivity contribution in [2.45, 2.75) is 56.0 Å². The van der Waals surface area contributed by atoms with Crippen LogP contribution in [-0.4, -0.2) is 45.1 Å². The maximum absolute atomic E-state index is 12.9. The minimum absolute atomic E-state index is 0.0588. The van der Waals surface area contributed by atoms with Crippen LogP contribution in [0, 0.1) is 0 Å². The van der Waals surface area contributed by atoms with Crippen molar-refractivity contribution >= 4 is 27.3 Å². The number of nitrogens with zero attached hydrogens (tertiary/aromatic N) is 4. The summed E-state index contributed by atoms with van der Waals surface area (Å²) in [5.41, 5.74) is 3.32. The molecule has 39 heavy (non-hydrogen) atoms. The summed E-state index contributed by atoms with van der Waals surface area (Å²) in [5, 5.41) is 17.3. The summed E-state index contributed by atoms with van der Waals surface area (Å²) in [6, 6.07) is 15.7. The SMILES string of the molecule is CC(C)(C)Oc1ccc(C[C@@H](CC(=O)NO)n2cc(CNS(=O)(=O)c3ccc(-c4ccccn4)s3)nn2)cc1. The maximum Gasteiger partial charge on any atom is 0.250 e. The van der Waals surface area contributed by atoms with Crippen molar-refractivity contribution in [3.05, 3.63) is 78.2 Å². The number of hydroxylamine groups is 1. The molecule has 4 aromatic rings. The van der Waals surface area contributed by atoms with Crippen LogP contribution in [0.5, 0.6) is 5.75 Å². The first-order valence-corrected chi connectivity index (χ1v) is 14.4. The second-order valence-electron chi connectivity index (χ2n) is 9.80. The summed E-state index contributed by atoms with van der Waals surface area (Å²) in [6.45, 7) is 5.81. The molecular formula is C26H30N6O5S2. The van der Waals surface area contributed by atoms with Gasteiger partial charge in [-0.2, -0.15) is 0 Å². The molecule has 0 aliphatic rings. The first-order valence-electron chi connectivity index (χ1n) is 12.1. The molecule has 0 saturated heterocycles. The molecule has 3 N–H and O–H groups in total. The molecule has 1 amide bonds. The number of ether oxygens (including phenoxy) is 1. The minimum Gasteiger partial charge on any atom is -0.488 e. The molecule has 206 valence electrons. The average molecular weight is 571 g/mol. The predicted molar refractivity (Wildman–Crippen MR) is 146 cm³/mol. The number of hydrogen-bond acceptors (Lipinski definition) is 9. The first-order chi connectivity index (χ1) is 18.5. The third kappa shape index (κ3) is 7.93. The van der Waals surface area contributed by atoms with Gasteiger partial charge in [0, 0.05) is 6.20 Å². The lowest BCUT2D eigenvalue weighted by Gasteiger charge is -2.21. The fourth-order valence-electron chi connectivity index (χ4n) is 3.76. The zero-order valence-corrected chi connectivity index (χ0v) is 23.4. The van der Waals surface area contributed by atoms with Crippen LogP contribution in [0.2, 0.25) is 0 Å². The van der Waals surface area contributed by atoms with Gasteiger partial charge in [-0.3, -0.25) is 15.0 Å². The van der Waals surface area contributed by atoms with Crippen LogP contribution < -0.4 is 14.9 Å². The topological polar surface area (TPSA) is 148 Å². The Balaban J connectivity index is 1.43. The van der Waals surface area contributed by atoms with Gasteiger partial charge in [-0.1, -0.05) is 23.4 Å². The van der Waals surface area contributed by atoms with Crippen molar-refractivity contribution < 1.29 is 23.2 Å². The van der Waals surface area contributed by atoms with Crippen molar-refractivity contribution in [3.63, 3.8) is 0 Å². The van der Waals surface area contributed by atoms with Crippen LogP contribution in [0.1, 0.15) is 44.5 Å². The van der Waals surface area contributed by atoms with Gasteiger partial charge < -0.3 is 4.74 Å². The lowest BCUT2D eigenvalue weighted by atomic mass is 10.0. The van der Waals surface area contributed by atoms with Crippen molar-refractivity contribution in [3.8, 4) is 16.3 Å². The number of thiophene rings is 1. The average Bonchev–Trinajstić information content (AvgIpc) is 3.59. The lowest BCUT2D eigenvalue weighted by molar-refractivity contribution is -0.130. The van der Waals surface area contributed by atoms with E-state index in [0.29, 0.717) is 17.8 Å². The van der Waals surface area contributed by atoms with Crippen LogP contribution in [0.15, 0.2) is 71.2 Å². The molecule has 0 spiro atoms. The second-order valence-corrected chi connectivity index (χ2v) is 12.9. The van der Waals surface area contributed by atoms with Crippen molar-refractivity contribution in [1.82, 2.24) is 30.2 Å². The van der Waals surface area contributed by atoms with Gasteiger partial charge in [0.15, 0.2) is 0 Å². The molecule has 0 fully saturated rings. The summed E-state index contributed by atoms with van der Waals surface area (Å²) in [7, 11) is -3.79. The Morgan fingerprint density at radius 2 is 1.90 bits per heavy atom. The number of aromatic nitrogens is 4. The van der Waals surface area contributed by atoms with Gasteiger partial charge in [-0.05, 0) is 69.2 Å². The van der Waals surface area contributed by atoms with Gasteiger partial charge in [0.2, 0.25) is 15.9 Å². The maximum atomic E-state index is 12.9. The molecule has 0 radical (unpaired) electrons. The Bertz CT molecular complexity index is 1500. The van der Waals surface area contributed by atoms with Crippen LogP contribution in [0.3, 0.4) is 0 Å². The number of rotatable bonds is 11. The standard InChI is InChI=1S/C26H30N6O5S2/c1-26(2,3)37-21-9-7-18(8-10-21)14-20(15-24(33)30-34)32-17-19(29-31-32)16-28-39(35,36)25-12-11-23(38-25)22-6-4-5-13-27-22/h4-13,17,20,28,34H,14-16H2,1-3H3,(H,30,33)/t20-/m0/s1. The highest BCUT2D eigenvalue weighted by Gasteiger charge is 2.21. The van der Waals surface area contributed by atoms with E-state index in [1.165, 1.54) is 10.7 Å². The first kappa shape index (κ1) is 28.4. The molecule has 0 unspecified atom stereocenters. The number of sulfonamides is 1. The Morgan fingerprint density at radius 1 is 1.13 bits per heavy atom. The third-order valence-corrected chi connectivity index (χ3v) is 8.50. The van der Waals surface area contributed by atoms with E-state index in [2.05, 4.69) is 20.0 Å². The number of pyridine rings is 1. The molecule has 0 saturated carbocycles. The van der Waals surface area contributed by atoms with E-state index < -0.39 is 22.0 Å². The van der Waals surface area contributed by atoms with E-state index in [9.17, 15) is 13.2 Å². The highest BCUT2D eigenvalue weighted by atomic mass is 32.2. The Morgan fingerprint density at radius 3 is 2.56 bits per heavy atom. The molecule has 3 aromatic heterocycles. The highest BCUT2D eigenvalue weighted by Crippen LogP contribution is 2.29. The van der Waals surface area contributed by atoms with Gasteiger partial charge in [0.1, 0.15) is 15.6 Å². The van der Waals surface area contributed by atoms with Crippen LogP contribution in [-0.2, 0) is 27.8 Å². The predicted octanol–water partition coefficient (Wildman–Crippen LogP) is 3.74. The third-order valence-electron chi connectivity index (χ3n) is 5.50. The summed E-state index contributed by atoms with van der Waals surface area (Å²) >= 11 is 1.12. The van der Waals surface area contributed by atoms with E-state index in [1.54, 1.807) is 30.0 Å². The van der Waals surface area contributed by atoms with Crippen LogP contribution >= 0.6 is 11.3 Å². The van der Waals surface area contributed by atoms with E-state index in [4.69, 9.17) is 9.94 Å². The molecule has 13 heteroatoms. The highest BCUT2D eigenvalue weighted by molar-refractivity contribution is 7.91. The number of carbonyl (C=O) groups is 1. The van der Waals surface area contributed by atoms with E-state index in [1.807, 2.05) is 57.2 Å². The van der Waals surface area contributed by atoms with E-state index in [-0.39, 0.29) is 22.8 Å². The largest absolute Gasteiger partial charge is 0.488 e. The van der Waals surface area contributed by atoms with Crippen LogP contribution in [0.4, 0.5) is 0 Å². The van der Waals surface area contributed by atoms with Gasteiger partial charge in [-0.25, -0.2) is 23.3 Å². The zero-order chi connectivity index (χ0) is 28.0. The van der Waals surface area contributed by atoms with Gasteiger partial charge >= 0.3 is 0 Å². The summed E-state index contributed by atoms with van der Waals surface area (Å²) in [4.78, 5) is 17.0. The number of benzene rings is 1. The van der Waals surface area contributed by atoms with E-state index >= 15 is 0 Å². The van der Waals surface area contributed by atoms with E-state index in [0.717, 1.165) is 27.5 Å². The molecule has 11 nitrogen and oxygen atoms in total. The normalized spacial score (nSPS) is 12.7. The summed E-state index contributed by atoms with van der Waals surface area (Å²) < 4.78 is 35.8. The van der Waals surface area contributed by atoms with Crippen molar-refractivity contribution in [1.29, 1.82) is 0 Å². The molecule has 1 aromatic carbocycles. The van der Waals surface area contributed by atoms with Crippen molar-refractivity contribution in [2.75, 3.05) is 0 Å². The Kier molecular flexibility index (Phi) is 8.75. The molecular weight excluding hydrogens is 540 g/mol. The molecule has 0 bridgehead atoms. The monoisotopic (exact) mass is 570 g/mol. The molecule has 0 aliphatic heterocycles. The molecule has 4 rings (SSSR count). The fourth-order valence-corrected chi connectivity index (χ4v) is 6.09. The minimum atomic E-state index is -3.79. The summed E-state index contributed by atoms with van der Waals surface area (Å²) in [5.74, 6) is 0.149. The smallest absolute Gasteiger partial charge is 0.250 e. The zero-order valence-electron chi connectivity index (χ0n) is 21.7.